The van der Waals surface area contributed by atoms with Crippen LogP contribution in [0.5, 0.6) is 5.75 Å². The Balaban J connectivity index is 1.80. The predicted octanol–water partition coefficient (Wildman–Crippen LogP) is 4.96. The molecule has 24 heavy (non-hydrogen) atoms. The number of nitrogens with zero attached hydrogens (tertiary/aromatic N) is 2. The number of benzene rings is 1. The Labute approximate surface area is 146 Å². The Morgan fingerprint density at radius 3 is 2.46 bits per heavy atom. The highest BCUT2D eigenvalue weighted by Crippen LogP contribution is 2.30. The van der Waals surface area contributed by atoms with E-state index in [9.17, 15) is 0 Å². The van der Waals surface area contributed by atoms with Crippen molar-refractivity contribution in [3.63, 3.8) is 0 Å². The van der Waals surface area contributed by atoms with Crippen LogP contribution in [0.4, 0.5) is 0 Å². The Kier molecular flexibility index (Phi) is 5.40. The highest BCUT2D eigenvalue weighted by atomic mass is 16.5. The maximum absolute atomic E-state index is 6.00. The van der Waals surface area contributed by atoms with Crippen LogP contribution in [0.1, 0.15) is 63.6 Å². The summed E-state index contributed by atoms with van der Waals surface area (Å²) >= 11 is 0. The van der Waals surface area contributed by atoms with Crippen molar-refractivity contribution in [2.45, 2.75) is 52.4 Å². The fourth-order valence-electron chi connectivity index (χ4n) is 3.42. The van der Waals surface area contributed by atoms with Crippen LogP contribution in [-0.4, -0.2) is 36.1 Å². The Hall–Kier alpha value is -1.61. The molecule has 3 nitrogen and oxygen atoms in total. The van der Waals surface area contributed by atoms with Gasteiger partial charge in [0.25, 0.3) is 0 Å². The largest absolute Gasteiger partial charge is 0.492 e. The summed E-state index contributed by atoms with van der Waals surface area (Å²) in [5.74, 6) is 1.87. The first kappa shape index (κ1) is 17.2. The molecule has 1 fully saturated rings. The monoisotopic (exact) mass is 326 g/mol. The molecule has 0 aliphatic carbocycles. The van der Waals surface area contributed by atoms with E-state index in [0.29, 0.717) is 11.8 Å². The summed E-state index contributed by atoms with van der Waals surface area (Å²) in [6, 6.07) is 8.64. The van der Waals surface area contributed by atoms with Crippen molar-refractivity contribution in [1.82, 2.24) is 9.88 Å². The van der Waals surface area contributed by atoms with Crippen LogP contribution in [0.3, 0.4) is 0 Å². The van der Waals surface area contributed by atoms with Crippen molar-refractivity contribution in [3.8, 4) is 5.75 Å². The minimum Gasteiger partial charge on any atom is -0.492 e. The summed E-state index contributed by atoms with van der Waals surface area (Å²) in [7, 11) is 0. The molecule has 1 aromatic heterocycles. The molecule has 0 radical (unpaired) electrons. The highest BCUT2D eigenvalue weighted by Gasteiger charge is 2.13. The minimum atomic E-state index is 0.437. The Morgan fingerprint density at radius 1 is 1.04 bits per heavy atom. The van der Waals surface area contributed by atoms with Crippen LogP contribution in [0.25, 0.3) is 10.9 Å². The summed E-state index contributed by atoms with van der Waals surface area (Å²) in [4.78, 5) is 7.35. The van der Waals surface area contributed by atoms with Crippen molar-refractivity contribution >= 4 is 10.9 Å². The van der Waals surface area contributed by atoms with Gasteiger partial charge < -0.3 is 4.74 Å². The molecule has 3 heteroatoms. The molecular weight excluding hydrogens is 296 g/mol. The van der Waals surface area contributed by atoms with Gasteiger partial charge in [-0.15, -0.1) is 0 Å². The van der Waals surface area contributed by atoms with E-state index in [4.69, 9.17) is 9.72 Å². The molecule has 1 aromatic carbocycles. The van der Waals surface area contributed by atoms with E-state index in [2.05, 4.69) is 56.9 Å². The Bertz CT molecular complexity index is 688. The van der Waals surface area contributed by atoms with Crippen LogP contribution in [0.15, 0.2) is 24.3 Å². The van der Waals surface area contributed by atoms with E-state index < -0.39 is 0 Å². The molecule has 0 spiro atoms. The molecule has 1 aliphatic rings. The molecule has 130 valence electrons. The number of rotatable bonds is 6. The number of ether oxygens (including phenoxy) is 1. The van der Waals surface area contributed by atoms with Crippen molar-refractivity contribution < 1.29 is 4.74 Å². The average molecular weight is 326 g/mol. The highest BCUT2D eigenvalue weighted by molar-refractivity contribution is 5.84. The van der Waals surface area contributed by atoms with Gasteiger partial charge in [-0.3, -0.25) is 9.88 Å². The van der Waals surface area contributed by atoms with E-state index in [-0.39, 0.29) is 0 Å². The first-order valence-electron chi connectivity index (χ1n) is 9.34. The second kappa shape index (κ2) is 7.52. The van der Waals surface area contributed by atoms with Gasteiger partial charge in [-0.05, 0) is 61.5 Å². The fourth-order valence-corrected chi connectivity index (χ4v) is 3.42. The van der Waals surface area contributed by atoms with Gasteiger partial charge in [-0.2, -0.15) is 0 Å². The number of fused-ring (bicyclic) bond motifs is 1. The predicted molar refractivity (Wildman–Crippen MR) is 101 cm³/mol. The lowest BCUT2D eigenvalue weighted by atomic mass is 9.95. The second-order valence-corrected chi connectivity index (χ2v) is 7.52. The average Bonchev–Trinajstić information content (AvgIpc) is 3.06. The van der Waals surface area contributed by atoms with Gasteiger partial charge in [0.15, 0.2) is 0 Å². The summed E-state index contributed by atoms with van der Waals surface area (Å²) in [5, 5.41) is 1.25. The lowest BCUT2D eigenvalue weighted by molar-refractivity contribution is 0.238. The molecule has 0 atom stereocenters. The van der Waals surface area contributed by atoms with Crippen LogP contribution in [-0.2, 0) is 0 Å². The van der Waals surface area contributed by atoms with Crippen LogP contribution in [0, 0.1) is 0 Å². The molecule has 0 N–H and O–H groups in total. The molecule has 1 aliphatic heterocycles. The normalized spacial score (nSPS) is 15.8. The van der Waals surface area contributed by atoms with Crippen LogP contribution in [0.2, 0.25) is 0 Å². The van der Waals surface area contributed by atoms with Gasteiger partial charge in [0.05, 0.1) is 5.52 Å². The number of aromatic nitrogens is 1. The summed E-state index contributed by atoms with van der Waals surface area (Å²) < 4.78 is 6.00. The third-order valence-corrected chi connectivity index (χ3v) is 4.92. The zero-order valence-electron chi connectivity index (χ0n) is 15.5. The van der Waals surface area contributed by atoms with Gasteiger partial charge in [-0.25, -0.2) is 0 Å². The number of likely N-dealkylation sites (tertiary alicyclic amines) is 1. The molecule has 2 heterocycles. The smallest absolute Gasteiger partial charge is 0.121 e. The first-order chi connectivity index (χ1) is 11.5. The van der Waals surface area contributed by atoms with E-state index in [1.165, 1.54) is 42.6 Å². The lowest BCUT2D eigenvalue weighted by Crippen LogP contribution is -2.25. The van der Waals surface area contributed by atoms with Gasteiger partial charge in [0, 0.05) is 23.7 Å². The molecule has 3 rings (SSSR count). The van der Waals surface area contributed by atoms with Crippen molar-refractivity contribution in [2.75, 3.05) is 26.2 Å². The molecular formula is C21H30N2O. The van der Waals surface area contributed by atoms with Gasteiger partial charge in [0.1, 0.15) is 12.4 Å². The van der Waals surface area contributed by atoms with E-state index >= 15 is 0 Å². The Morgan fingerprint density at radius 2 is 1.79 bits per heavy atom. The second-order valence-electron chi connectivity index (χ2n) is 7.52. The van der Waals surface area contributed by atoms with Crippen molar-refractivity contribution in [3.05, 3.63) is 35.5 Å². The number of hydrogen-bond donors (Lipinski definition) is 0. The topological polar surface area (TPSA) is 25.4 Å². The van der Waals surface area contributed by atoms with E-state index in [0.717, 1.165) is 24.4 Å². The summed E-state index contributed by atoms with van der Waals surface area (Å²) in [6.07, 6.45) is 2.66. The molecule has 0 bridgehead atoms. The lowest BCUT2D eigenvalue weighted by Gasteiger charge is -2.17. The number of hydrogen-bond acceptors (Lipinski definition) is 3. The fraction of sp³-hybridized carbons (Fsp3) is 0.571. The van der Waals surface area contributed by atoms with E-state index in [1.807, 2.05) is 0 Å². The van der Waals surface area contributed by atoms with Crippen LogP contribution >= 0.6 is 0 Å². The standard InChI is InChI=1S/C21H30N2O/c1-15(2)19-14-20(16(3)4)22-21-13-17(7-8-18(19)21)24-12-11-23-9-5-6-10-23/h7-8,13-16H,5-6,9-12H2,1-4H3. The SMILES string of the molecule is CC(C)c1cc(C(C)C)c2ccc(OCCN3CCCC3)cc2n1. The van der Waals surface area contributed by atoms with Crippen LogP contribution < -0.4 is 4.74 Å². The zero-order chi connectivity index (χ0) is 17.1. The maximum atomic E-state index is 6.00. The maximum Gasteiger partial charge on any atom is 0.121 e. The van der Waals surface area contributed by atoms with Gasteiger partial charge >= 0.3 is 0 Å². The van der Waals surface area contributed by atoms with Crippen molar-refractivity contribution in [2.24, 2.45) is 0 Å². The molecule has 0 saturated carbocycles. The quantitative estimate of drug-likeness (QED) is 0.750. The minimum absolute atomic E-state index is 0.437. The first-order valence-corrected chi connectivity index (χ1v) is 9.34. The molecule has 1 saturated heterocycles. The van der Waals surface area contributed by atoms with Crippen molar-refractivity contribution in [1.29, 1.82) is 0 Å². The van der Waals surface area contributed by atoms with E-state index in [1.54, 1.807) is 0 Å². The molecule has 0 unspecified atom stereocenters. The van der Waals surface area contributed by atoms with Gasteiger partial charge in [-0.1, -0.05) is 27.7 Å². The van der Waals surface area contributed by atoms with Gasteiger partial charge in [0.2, 0.25) is 0 Å². The third kappa shape index (κ3) is 3.89. The number of pyridine rings is 1. The zero-order valence-corrected chi connectivity index (χ0v) is 15.5. The summed E-state index contributed by atoms with van der Waals surface area (Å²) in [5.41, 5.74) is 3.61. The molecule has 2 aromatic rings. The molecule has 0 amide bonds. The third-order valence-electron chi connectivity index (χ3n) is 4.92. The summed E-state index contributed by atoms with van der Waals surface area (Å²) in [6.45, 7) is 13.1.